The number of hydrogen-bond donors (Lipinski definition) is 1. The first kappa shape index (κ1) is 20.0. The van der Waals surface area contributed by atoms with Crippen LogP contribution in [-0.4, -0.2) is 24.4 Å². The van der Waals surface area contributed by atoms with E-state index in [2.05, 4.69) is 79.4 Å². The molecule has 0 fully saturated rings. The lowest BCUT2D eigenvalue weighted by atomic mass is 10.1. The van der Waals surface area contributed by atoms with E-state index in [0.29, 0.717) is 0 Å². The summed E-state index contributed by atoms with van der Waals surface area (Å²) >= 11 is 0. The van der Waals surface area contributed by atoms with Crippen molar-refractivity contribution in [1.82, 2.24) is 0 Å². The second kappa shape index (κ2) is 9.43. The van der Waals surface area contributed by atoms with Gasteiger partial charge in [-0.1, -0.05) is 47.5 Å². The maximum Gasteiger partial charge on any atom is 0.119 e. The summed E-state index contributed by atoms with van der Waals surface area (Å²) in [4.78, 5) is 2.36. The molecule has 1 unspecified atom stereocenters. The molecule has 0 radical (unpaired) electrons. The Labute approximate surface area is 168 Å². The van der Waals surface area contributed by atoms with Gasteiger partial charge in [0, 0.05) is 17.9 Å². The normalized spacial score (nSPS) is 11.9. The van der Waals surface area contributed by atoms with E-state index in [1.54, 1.807) is 0 Å². The molecular formula is C25H29NO2. The van der Waals surface area contributed by atoms with Gasteiger partial charge >= 0.3 is 0 Å². The molecule has 0 bridgehead atoms. The number of aliphatic hydroxyl groups is 1. The van der Waals surface area contributed by atoms with Crippen LogP contribution < -0.4 is 9.64 Å². The largest absolute Gasteiger partial charge is 0.488 e. The zero-order valence-corrected chi connectivity index (χ0v) is 16.9. The summed E-state index contributed by atoms with van der Waals surface area (Å²) in [6, 6.07) is 25.5. The van der Waals surface area contributed by atoms with E-state index in [1.165, 1.54) is 28.1 Å². The number of aryl methyl sites for hydroxylation is 2. The Morgan fingerprint density at radius 2 is 1.29 bits per heavy atom. The molecule has 146 valence electrons. The molecule has 3 aromatic rings. The molecule has 0 spiro atoms. The molecule has 0 aliphatic carbocycles. The molecule has 0 heterocycles. The minimum Gasteiger partial charge on any atom is -0.488 e. The summed E-state index contributed by atoms with van der Waals surface area (Å²) in [6.07, 6.45) is 0.738. The highest BCUT2D eigenvalue weighted by Gasteiger charge is 2.10. The van der Waals surface area contributed by atoms with Gasteiger partial charge in [0.1, 0.15) is 11.9 Å². The smallest absolute Gasteiger partial charge is 0.119 e. The molecule has 28 heavy (non-hydrogen) atoms. The molecule has 1 atom stereocenters. The van der Waals surface area contributed by atoms with E-state index in [0.717, 1.165) is 18.7 Å². The van der Waals surface area contributed by atoms with Gasteiger partial charge in [-0.25, -0.2) is 0 Å². The molecule has 1 N–H and O–H groups in total. The molecule has 0 amide bonds. The predicted molar refractivity (Wildman–Crippen MR) is 117 cm³/mol. The van der Waals surface area contributed by atoms with Crippen molar-refractivity contribution in [3.8, 4) is 5.75 Å². The van der Waals surface area contributed by atoms with Crippen molar-refractivity contribution in [3.05, 3.63) is 89.5 Å². The molecule has 0 aromatic heterocycles. The Bertz CT molecular complexity index is 809. The lowest BCUT2D eigenvalue weighted by molar-refractivity contribution is 0.129. The van der Waals surface area contributed by atoms with Crippen LogP contribution in [0.25, 0.3) is 0 Å². The number of aliphatic hydroxyl groups excluding tert-OH is 1. The molecular weight excluding hydrogens is 346 g/mol. The van der Waals surface area contributed by atoms with Crippen molar-refractivity contribution in [2.75, 3.05) is 18.1 Å². The lowest BCUT2D eigenvalue weighted by Gasteiger charge is -2.25. The summed E-state index contributed by atoms with van der Waals surface area (Å²) in [5.74, 6) is 0.791. The average molecular weight is 376 g/mol. The summed E-state index contributed by atoms with van der Waals surface area (Å²) in [6.45, 7) is 6.99. The maximum atomic E-state index is 9.12. The van der Waals surface area contributed by atoms with Gasteiger partial charge in [-0.05, 0) is 69.2 Å². The van der Waals surface area contributed by atoms with E-state index in [-0.39, 0.29) is 12.7 Å². The van der Waals surface area contributed by atoms with Crippen LogP contribution in [0.15, 0.2) is 72.8 Å². The number of ether oxygens (including phenoxy) is 1. The van der Waals surface area contributed by atoms with Crippen molar-refractivity contribution < 1.29 is 9.84 Å². The highest BCUT2D eigenvalue weighted by atomic mass is 16.5. The van der Waals surface area contributed by atoms with E-state index in [4.69, 9.17) is 9.84 Å². The number of anilines is 2. The average Bonchev–Trinajstić information content (AvgIpc) is 2.71. The van der Waals surface area contributed by atoms with Gasteiger partial charge in [-0.3, -0.25) is 0 Å². The highest BCUT2D eigenvalue weighted by molar-refractivity contribution is 5.63. The number of hydrogen-bond acceptors (Lipinski definition) is 3. The Hall–Kier alpha value is -2.78. The molecule has 3 heteroatoms. The number of benzene rings is 3. The van der Waals surface area contributed by atoms with Gasteiger partial charge in [0.15, 0.2) is 0 Å². The van der Waals surface area contributed by atoms with E-state index in [1.807, 2.05) is 19.1 Å². The van der Waals surface area contributed by atoms with Gasteiger partial charge in [0.05, 0.1) is 6.61 Å². The Kier molecular flexibility index (Phi) is 6.72. The fraction of sp³-hybridized carbons (Fsp3) is 0.280. The minimum absolute atomic E-state index is 0.0177. The van der Waals surface area contributed by atoms with Crippen LogP contribution in [0.2, 0.25) is 0 Å². The Balaban J connectivity index is 1.74. The standard InChI is InChI=1S/C25H29NO2/c1-19-4-10-23(11-5-19)26(24-12-6-20(2)7-13-24)17-16-22-8-14-25(15-9-22)28-21(3)18-27/h4-15,21,27H,16-18H2,1-3H3. The van der Waals surface area contributed by atoms with Crippen LogP contribution >= 0.6 is 0 Å². The zero-order valence-electron chi connectivity index (χ0n) is 16.9. The first-order valence-electron chi connectivity index (χ1n) is 9.82. The summed E-state index contributed by atoms with van der Waals surface area (Å²) in [7, 11) is 0. The summed E-state index contributed by atoms with van der Waals surface area (Å²) in [5, 5.41) is 9.12. The van der Waals surface area contributed by atoms with Gasteiger partial charge in [-0.2, -0.15) is 0 Å². The molecule has 3 aromatic carbocycles. The van der Waals surface area contributed by atoms with Gasteiger partial charge < -0.3 is 14.7 Å². The molecule has 0 saturated heterocycles. The fourth-order valence-corrected chi connectivity index (χ4v) is 3.10. The Morgan fingerprint density at radius 3 is 1.75 bits per heavy atom. The van der Waals surface area contributed by atoms with E-state index >= 15 is 0 Å². The Morgan fingerprint density at radius 1 is 0.786 bits per heavy atom. The SMILES string of the molecule is Cc1ccc(N(CCc2ccc(OC(C)CO)cc2)c2ccc(C)cc2)cc1. The summed E-state index contributed by atoms with van der Waals surface area (Å²) < 4.78 is 5.64. The summed E-state index contributed by atoms with van der Waals surface area (Å²) in [5.41, 5.74) is 6.19. The minimum atomic E-state index is -0.190. The molecule has 3 rings (SSSR count). The molecule has 0 saturated carbocycles. The van der Waals surface area contributed by atoms with Crippen molar-refractivity contribution in [3.63, 3.8) is 0 Å². The number of rotatable bonds is 8. The van der Waals surface area contributed by atoms with E-state index in [9.17, 15) is 0 Å². The van der Waals surface area contributed by atoms with Crippen molar-refractivity contribution in [2.24, 2.45) is 0 Å². The van der Waals surface area contributed by atoms with Crippen molar-refractivity contribution >= 4 is 11.4 Å². The first-order chi connectivity index (χ1) is 13.5. The second-order valence-corrected chi connectivity index (χ2v) is 7.33. The van der Waals surface area contributed by atoms with Crippen LogP contribution in [0.3, 0.4) is 0 Å². The molecule has 3 nitrogen and oxygen atoms in total. The second-order valence-electron chi connectivity index (χ2n) is 7.33. The third-order valence-corrected chi connectivity index (χ3v) is 4.83. The van der Waals surface area contributed by atoms with Gasteiger partial charge in [-0.15, -0.1) is 0 Å². The van der Waals surface area contributed by atoms with Crippen LogP contribution in [0.1, 0.15) is 23.6 Å². The van der Waals surface area contributed by atoms with Crippen molar-refractivity contribution in [1.29, 1.82) is 0 Å². The lowest BCUT2D eigenvalue weighted by Crippen LogP contribution is -2.20. The predicted octanol–water partition coefficient (Wildman–Crippen LogP) is 5.44. The van der Waals surface area contributed by atoms with Crippen molar-refractivity contribution in [2.45, 2.75) is 33.3 Å². The third-order valence-electron chi connectivity index (χ3n) is 4.83. The molecule has 0 aliphatic heterocycles. The third kappa shape index (κ3) is 5.37. The quantitative estimate of drug-likeness (QED) is 0.569. The highest BCUT2D eigenvalue weighted by Crippen LogP contribution is 2.26. The van der Waals surface area contributed by atoms with Crippen LogP contribution in [0, 0.1) is 13.8 Å². The zero-order chi connectivity index (χ0) is 19.9. The van der Waals surface area contributed by atoms with Crippen LogP contribution in [0.5, 0.6) is 5.75 Å². The van der Waals surface area contributed by atoms with E-state index < -0.39 is 0 Å². The van der Waals surface area contributed by atoms with Crippen LogP contribution in [-0.2, 0) is 6.42 Å². The van der Waals surface area contributed by atoms with Gasteiger partial charge in [0.25, 0.3) is 0 Å². The topological polar surface area (TPSA) is 32.7 Å². The maximum absolute atomic E-state index is 9.12. The fourth-order valence-electron chi connectivity index (χ4n) is 3.10. The molecule has 0 aliphatic rings. The van der Waals surface area contributed by atoms with Crippen LogP contribution in [0.4, 0.5) is 11.4 Å². The number of nitrogens with zero attached hydrogens (tertiary/aromatic N) is 1. The first-order valence-corrected chi connectivity index (χ1v) is 9.82. The monoisotopic (exact) mass is 375 g/mol. The van der Waals surface area contributed by atoms with Gasteiger partial charge in [0.2, 0.25) is 0 Å².